The van der Waals surface area contributed by atoms with Crippen LogP contribution in [-0.2, 0) is 0 Å². The first-order valence-electron chi connectivity index (χ1n) is 9.90. The van der Waals surface area contributed by atoms with Gasteiger partial charge in [0.15, 0.2) is 0 Å². The van der Waals surface area contributed by atoms with Crippen LogP contribution in [0.1, 0.15) is 18.4 Å². The number of pyridine rings is 1. The molecule has 0 fully saturated rings. The molecule has 148 valence electrons. The van der Waals surface area contributed by atoms with E-state index in [0.717, 1.165) is 37.2 Å². The largest absolute Gasteiger partial charge is 0.492 e. The van der Waals surface area contributed by atoms with Crippen LogP contribution in [-0.4, -0.2) is 62.7 Å². The smallest absolute Gasteiger partial charge is 0.127 e. The lowest BCUT2D eigenvalue weighted by Gasteiger charge is -2.22. The summed E-state index contributed by atoms with van der Waals surface area (Å²) in [5, 5.41) is 0. The molecule has 0 saturated carbocycles. The monoisotopic (exact) mass is 377 g/mol. The second-order valence-corrected chi connectivity index (χ2v) is 7.80. The highest BCUT2D eigenvalue weighted by Crippen LogP contribution is 2.36. The van der Waals surface area contributed by atoms with Gasteiger partial charge in [-0.15, -0.1) is 0 Å². The fraction of sp³-hybridized carbons (Fsp3) is 0.375. The van der Waals surface area contributed by atoms with Gasteiger partial charge in [-0.05, 0) is 75.9 Å². The minimum Gasteiger partial charge on any atom is -0.492 e. The molecule has 0 N–H and O–H groups in total. The predicted octanol–water partition coefficient (Wildman–Crippen LogP) is 4.35. The van der Waals surface area contributed by atoms with Crippen LogP contribution in [0.4, 0.5) is 0 Å². The van der Waals surface area contributed by atoms with Crippen molar-refractivity contribution >= 4 is 5.57 Å². The standard InChI is InChI=1S/C24H31N3O/c1-26(2)14-15-28-24-12-11-19(20-9-7-13-25-17-20)16-23(24)22-10-6-5-8-21(22)18-27(3)4/h6-7,9-13,16-17H,5,8,14-15,18H2,1-4H3. The van der Waals surface area contributed by atoms with Gasteiger partial charge in [-0.3, -0.25) is 4.98 Å². The highest BCUT2D eigenvalue weighted by atomic mass is 16.5. The highest BCUT2D eigenvalue weighted by Gasteiger charge is 2.16. The van der Waals surface area contributed by atoms with Gasteiger partial charge in [0, 0.05) is 36.6 Å². The van der Waals surface area contributed by atoms with E-state index < -0.39 is 0 Å². The number of hydrogen-bond donors (Lipinski definition) is 0. The molecule has 1 aliphatic carbocycles. The summed E-state index contributed by atoms with van der Waals surface area (Å²) in [6.07, 6.45) is 10.5. The van der Waals surface area contributed by atoms with Gasteiger partial charge in [0.1, 0.15) is 12.4 Å². The Balaban J connectivity index is 2.03. The van der Waals surface area contributed by atoms with Gasteiger partial charge in [0.25, 0.3) is 0 Å². The maximum absolute atomic E-state index is 6.21. The number of rotatable bonds is 8. The molecule has 0 aliphatic heterocycles. The van der Waals surface area contributed by atoms with Crippen LogP contribution in [0, 0.1) is 0 Å². The van der Waals surface area contributed by atoms with Crippen molar-refractivity contribution in [3.8, 4) is 16.9 Å². The van der Waals surface area contributed by atoms with Crippen molar-refractivity contribution in [2.24, 2.45) is 0 Å². The quantitative estimate of drug-likeness (QED) is 0.684. The maximum atomic E-state index is 6.21. The number of benzene rings is 1. The summed E-state index contributed by atoms with van der Waals surface area (Å²) in [5.41, 5.74) is 6.23. The van der Waals surface area contributed by atoms with Crippen LogP contribution in [0.15, 0.2) is 60.5 Å². The van der Waals surface area contributed by atoms with E-state index >= 15 is 0 Å². The van der Waals surface area contributed by atoms with Crippen LogP contribution in [0.25, 0.3) is 16.7 Å². The fourth-order valence-electron chi connectivity index (χ4n) is 3.46. The zero-order valence-electron chi connectivity index (χ0n) is 17.5. The van der Waals surface area contributed by atoms with Crippen LogP contribution in [0.2, 0.25) is 0 Å². The molecular weight excluding hydrogens is 346 g/mol. The van der Waals surface area contributed by atoms with Crippen molar-refractivity contribution in [2.45, 2.75) is 12.8 Å². The van der Waals surface area contributed by atoms with E-state index in [9.17, 15) is 0 Å². The molecule has 1 aliphatic rings. The first kappa shape index (κ1) is 20.3. The van der Waals surface area contributed by atoms with E-state index in [1.54, 1.807) is 0 Å². The van der Waals surface area contributed by atoms with Crippen molar-refractivity contribution in [1.29, 1.82) is 0 Å². The van der Waals surface area contributed by atoms with E-state index in [-0.39, 0.29) is 0 Å². The van der Waals surface area contributed by atoms with Crippen molar-refractivity contribution in [3.05, 3.63) is 66.0 Å². The van der Waals surface area contributed by atoms with Gasteiger partial charge in [0.05, 0.1) is 0 Å². The Hall–Kier alpha value is -2.43. The number of ether oxygens (including phenoxy) is 1. The molecule has 0 saturated heterocycles. The second-order valence-electron chi connectivity index (χ2n) is 7.80. The number of aromatic nitrogens is 1. The summed E-state index contributed by atoms with van der Waals surface area (Å²) < 4.78 is 6.21. The normalized spacial score (nSPS) is 14.2. The Morgan fingerprint density at radius 1 is 1.04 bits per heavy atom. The molecule has 0 unspecified atom stereocenters. The molecule has 0 atom stereocenters. The predicted molar refractivity (Wildman–Crippen MR) is 118 cm³/mol. The highest BCUT2D eigenvalue weighted by molar-refractivity contribution is 5.84. The van der Waals surface area contributed by atoms with Gasteiger partial charge < -0.3 is 14.5 Å². The van der Waals surface area contributed by atoms with Gasteiger partial charge >= 0.3 is 0 Å². The molecule has 0 radical (unpaired) electrons. The molecule has 0 bridgehead atoms. The van der Waals surface area contributed by atoms with Crippen LogP contribution < -0.4 is 4.74 Å². The SMILES string of the molecule is CN(C)CCOc1ccc(-c2cccnc2)cc1C1=C(CN(C)C)CCC=C1. The van der Waals surface area contributed by atoms with E-state index in [1.807, 2.05) is 18.5 Å². The van der Waals surface area contributed by atoms with Crippen molar-refractivity contribution in [1.82, 2.24) is 14.8 Å². The maximum Gasteiger partial charge on any atom is 0.127 e. The van der Waals surface area contributed by atoms with E-state index in [2.05, 4.69) is 79.4 Å². The Morgan fingerprint density at radius 3 is 2.61 bits per heavy atom. The van der Waals surface area contributed by atoms with Gasteiger partial charge in [0.2, 0.25) is 0 Å². The Morgan fingerprint density at radius 2 is 1.89 bits per heavy atom. The fourth-order valence-corrected chi connectivity index (χ4v) is 3.46. The zero-order valence-corrected chi connectivity index (χ0v) is 17.5. The molecule has 28 heavy (non-hydrogen) atoms. The third-order valence-electron chi connectivity index (χ3n) is 4.85. The molecule has 1 aromatic carbocycles. The van der Waals surface area contributed by atoms with E-state index in [1.165, 1.54) is 22.3 Å². The van der Waals surface area contributed by atoms with Crippen LogP contribution >= 0.6 is 0 Å². The number of nitrogens with zero attached hydrogens (tertiary/aromatic N) is 3. The Labute approximate surface area is 169 Å². The Kier molecular flexibility index (Phi) is 7.01. The van der Waals surface area contributed by atoms with Crippen LogP contribution in [0.3, 0.4) is 0 Å². The summed E-state index contributed by atoms with van der Waals surface area (Å²) in [5.74, 6) is 0.951. The molecular formula is C24H31N3O. The number of likely N-dealkylation sites (N-methyl/N-ethyl adjacent to an activating group) is 2. The summed E-state index contributed by atoms with van der Waals surface area (Å²) >= 11 is 0. The molecule has 4 nitrogen and oxygen atoms in total. The van der Waals surface area contributed by atoms with Crippen molar-refractivity contribution in [2.75, 3.05) is 47.9 Å². The summed E-state index contributed by atoms with van der Waals surface area (Å²) in [7, 11) is 8.39. The van der Waals surface area contributed by atoms with E-state index in [0.29, 0.717) is 6.61 Å². The van der Waals surface area contributed by atoms with Crippen molar-refractivity contribution in [3.63, 3.8) is 0 Å². The second kappa shape index (κ2) is 9.67. The summed E-state index contributed by atoms with van der Waals surface area (Å²) in [6, 6.07) is 10.6. The first-order valence-corrected chi connectivity index (χ1v) is 9.90. The topological polar surface area (TPSA) is 28.6 Å². The lowest BCUT2D eigenvalue weighted by Crippen LogP contribution is -2.20. The minimum absolute atomic E-state index is 0.673. The third-order valence-corrected chi connectivity index (χ3v) is 4.85. The average molecular weight is 378 g/mol. The third kappa shape index (κ3) is 5.31. The lowest BCUT2D eigenvalue weighted by molar-refractivity contribution is 0.261. The Bertz CT molecular complexity index is 838. The van der Waals surface area contributed by atoms with E-state index in [4.69, 9.17) is 4.74 Å². The minimum atomic E-state index is 0.673. The first-order chi connectivity index (χ1) is 13.5. The van der Waals surface area contributed by atoms with Gasteiger partial charge in [-0.1, -0.05) is 24.3 Å². The van der Waals surface area contributed by atoms with Gasteiger partial charge in [-0.25, -0.2) is 0 Å². The zero-order chi connectivity index (χ0) is 19.9. The number of allylic oxidation sites excluding steroid dienone is 3. The lowest BCUT2D eigenvalue weighted by atomic mass is 9.90. The van der Waals surface area contributed by atoms with Gasteiger partial charge in [-0.2, -0.15) is 0 Å². The average Bonchev–Trinajstić information content (AvgIpc) is 2.69. The molecule has 0 amide bonds. The molecule has 1 heterocycles. The summed E-state index contributed by atoms with van der Waals surface area (Å²) in [6.45, 7) is 2.53. The summed E-state index contributed by atoms with van der Waals surface area (Å²) in [4.78, 5) is 8.66. The molecule has 3 rings (SSSR count). The molecule has 0 spiro atoms. The molecule has 4 heteroatoms. The number of hydrogen-bond acceptors (Lipinski definition) is 4. The molecule has 2 aromatic rings. The van der Waals surface area contributed by atoms with Crippen molar-refractivity contribution < 1.29 is 4.74 Å². The molecule has 1 aromatic heterocycles. The van der Waals surface area contributed by atoms with Crippen LogP contribution in [0.5, 0.6) is 5.75 Å².